The maximum absolute atomic E-state index is 14.8. The van der Waals surface area contributed by atoms with Gasteiger partial charge in [-0.15, -0.1) is 0 Å². The Bertz CT molecular complexity index is 1430. The van der Waals surface area contributed by atoms with Gasteiger partial charge in [0.05, 0.1) is 16.8 Å². The van der Waals surface area contributed by atoms with Gasteiger partial charge in [-0.1, -0.05) is 0 Å². The predicted octanol–water partition coefficient (Wildman–Crippen LogP) is 2.47. The molecule has 0 amide bonds. The summed E-state index contributed by atoms with van der Waals surface area (Å²) >= 11 is 0. The Kier molecular flexibility index (Phi) is 4.82. The van der Waals surface area contributed by atoms with Crippen molar-refractivity contribution in [2.24, 2.45) is 10.7 Å². The molecule has 4 rings (SSSR count). The number of hydrogen-bond donors (Lipinski definition) is 2. The molecule has 3 N–H and O–H groups in total. The summed E-state index contributed by atoms with van der Waals surface area (Å²) in [5, 5.41) is 9.19. The molecule has 12 heteroatoms. The highest BCUT2D eigenvalue weighted by molar-refractivity contribution is 7.93. The normalized spacial score (nSPS) is 24.5. The first-order chi connectivity index (χ1) is 15.0. The molecule has 2 atom stereocenters. The second-order valence-corrected chi connectivity index (χ2v) is 9.98. The van der Waals surface area contributed by atoms with Gasteiger partial charge in [-0.25, -0.2) is 32.2 Å². The van der Waals surface area contributed by atoms with E-state index in [1.807, 2.05) is 6.07 Å². The number of alkyl halides is 1. The van der Waals surface area contributed by atoms with Crippen molar-refractivity contribution >= 4 is 38.2 Å². The summed E-state index contributed by atoms with van der Waals surface area (Å²) in [5.41, 5.74) is 5.37. The molecule has 3 aromatic rings. The number of benzene rings is 1. The minimum atomic E-state index is -4.36. The van der Waals surface area contributed by atoms with Crippen LogP contribution >= 0.6 is 0 Å². The molecule has 0 radical (unpaired) electrons. The number of anilines is 2. The fraction of sp³-hybridized carbons (Fsp3) is 0.250. The monoisotopic (exact) mass is 457 g/mol. The molecule has 9 nitrogen and oxygen atoms in total. The molecule has 0 spiro atoms. The molecule has 0 fully saturated rings. The van der Waals surface area contributed by atoms with E-state index in [1.165, 1.54) is 31.6 Å². The lowest BCUT2D eigenvalue weighted by atomic mass is 9.93. The number of nitrogens with zero attached hydrogens (tertiary/aromatic N) is 5. The smallest absolute Gasteiger partial charge is 0.263 e. The largest absolute Gasteiger partial charge is 0.384 e. The molecular formula is C20H17F2N7O2S. The number of amidine groups is 1. The Hall–Kier alpha value is -3.72. The van der Waals surface area contributed by atoms with Gasteiger partial charge in [0.1, 0.15) is 35.1 Å². The molecule has 1 aliphatic heterocycles. The number of aromatic nitrogens is 3. The molecule has 2 aromatic heterocycles. The van der Waals surface area contributed by atoms with Crippen molar-refractivity contribution in [3.63, 3.8) is 0 Å². The van der Waals surface area contributed by atoms with Crippen LogP contribution in [0.5, 0.6) is 0 Å². The maximum Gasteiger partial charge on any atom is 0.263 e. The van der Waals surface area contributed by atoms with Gasteiger partial charge in [0, 0.05) is 17.4 Å². The molecule has 1 aliphatic rings. The number of sulfone groups is 1. The minimum absolute atomic E-state index is 0.0809. The number of nitriles is 1. The number of halogens is 2. The topological polar surface area (TPSA) is 147 Å². The van der Waals surface area contributed by atoms with E-state index in [-0.39, 0.29) is 11.4 Å². The van der Waals surface area contributed by atoms with E-state index in [4.69, 9.17) is 11.0 Å². The van der Waals surface area contributed by atoms with E-state index >= 15 is 0 Å². The molecule has 0 bridgehead atoms. The van der Waals surface area contributed by atoms with E-state index in [9.17, 15) is 17.2 Å². The van der Waals surface area contributed by atoms with Gasteiger partial charge in [0.2, 0.25) is 0 Å². The fourth-order valence-corrected chi connectivity index (χ4v) is 5.05. The number of nitrogens with two attached hydrogens (primary N) is 1. The van der Waals surface area contributed by atoms with Crippen LogP contribution in [0.2, 0.25) is 0 Å². The summed E-state index contributed by atoms with van der Waals surface area (Å²) in [5.74, 6) is -1.93. The SMILES string of the molecule is C[C@]1(F)C(N)=N[C@](C)(c2cc(Nc3ncnc4cc(C#N)cnc34)ccc2F)CS1(=O)=O. The first kappa shape index (κ1) is 21.5. The lowest BCUT2D eigenvalue weighted by Crippen LogP contribution is -2.54. The second kappa shape index (κ2) is 7.16. The van der Waals surface area contributed by atoms with Crippen molar-refractivity contribution in [3.05, 3.63) is 53.7 Å². The summed E-state index contributed by atoms with van der Waals surface area (Å²) in [7, 11) is -4.36. The number of nitrogens with one attached hydrogen (secondary N) is 1. The Morgan fingerprint density at radius 3 is 2.66 bits per heavy atom. The standard InChI is InChI=1S/C20H17F2N7O2S/c1-19(9-32(30,31)20(2,22)18(24)29-19)13-6-12(3-4-14(13)21)28-17-16-15(26-10-27-17)5-11(7-23)8-25-16/h3-6,8,10H,9H2,1-2H3,(H2,24,29)(H,26,27,28)/t19-,20+/m0/s1. The molecule has 3 heterocycles. The second-order valence-electron chi connectivity index (χ2n) is 7.69. The minimum Gasteiger partial charge on any atom is -0.384 e. The predicted molar refractivity (Wildman–Crippen MR) is 114 cm³/mol. The van der Waals surface area contributed by atoms with Crippen LogP contribution in [0.1, 0.15) is 25.0 Å². The van der Waals surface area contributed by atoms with Crippen molar-refractivity contribution < 1.29 is 17.2 Å². The van der Waals surface area contributed by atoms with E-state index in [0.29, 0.717) is 22.3 Å². The van der Waals surface area contributed by atoms with Crippen molar-refractivity contribution in [3.8, 4) is 6.07 Å². The van der Waals surface area contributed by atoms with Crippen LogP contribution in [0, 0.1) is 17.1 Å². The van der Waals surface area contributed by atoms with Crippen LogP contribution in [-0.4, -0.2) is 40.0 Å². The average Bonchev–Trinajstić information content (AvgIpc) is 2.73. The first-order valence-corrected chi connectivity index (χ1v) is 11.0. The molecule has 0 unspecified atom stereocenters. The van der Waals surface area contributed by atoms with E-state index in [1.54, 1.807) is 6.07 Å². The highest BCUT2D eigenvalue weighted by atomic mass is 32.2. The van der Waals surface area contributed by atoms with Crippen molar-refractivity contribution in [1.29, 1.82) is 5.26 Å². The summed E-state index contributed by atoms with van der Waals surface area (Å²) in [6, 6.07) is 7.44. The molecule has 32 heavy (non-hydrogen) atoms. The first-order valence-electron chi connectivity index (χ1n) is 9.32. The summed E-state index contributed by atoms with van der Waals surface area (Å²) in [4.78, 5) is 16.4. The summed E-state index contributed by atoms with van der Waals surface area (Å²) in [6.07, 6.45) is 2.65. The highest BCUT2D eigenvalue weighted by Crippen LogP contribution is 2.39. The lowest BCUT2D eigenvalue weighted by molar-refractivity contribution is 0.354. The summed E-state index contributed by atoms with van der Waals surface area (Å²) < 4.78 is 54.3. The fourth-order valence-electron chi connectivity index (χ4n) is 3.45. The van der Waals surface area contributed by atoms with Crippen molar-refractivity contribution in [1.82, 2.24) is 15.0 Å². The Morgan fingerprint density at radius 1 is 1.22 bits per heavy atom. The highest BCUT2D eigenvalue weighted by Gasteiger charge is 2.53. The van der Waals surface area contributed by atoms with Crippen LogP contribution in [0.4, 0.5) is 20.3 Å². The Labute approximate surface area is 182 Å². The number of rotatable bonds is 3. The third-order valence-electron chi connectivity index (χ3n) is 5.29. The lowest BCUT2D eigenvalue weighted by Gasteiger charge is -2.35. The Morgan fingerprint density at radius 2 is 1.97 bits per heavy atom. The molecule has 0 aliphatic carbocycles. The average molecular weight is 457 g/mol. The van der Waals surface area contributed by atoms with Crippen molar-refractivity contribution in [2.45, 2.75) is 24.4 Å². The zero-order valence-electron chi connectivity index (χ0n) is 17.0. The third kappa shape index (κ3) is 3.40. The van der Waals surface area contributed by atoms with E-state index < -0.39 is 37.8 Å². The maximum atomic E-state index is 14.8. The van der Waals surface area contributed by atoms with E-state index in [0.717, 1.165) is 13.0 Å². The van der Waals surface area contributed by atoms with Gasteiger partial charge in [-0.2, -0.15) is 5.26 Å². The zero-order chi connectivity index (χ0) is 23.3. The zero-order valence-corrected chi connectivity index (χ0v) is 17.8. The third-order valence-corrected chi connectivity index (χ3v) is 7.61. The molecule has 0 saturated heterocycles. The van der Waals surface area contributed by atoms with Gasteiger partial charge >= 0.3 is 0 Å². The number of pyridine rings is 1. The van der Waals surface area contributed by atoms with Gasteiger partial charge in [0.15, 0.2) is 15.7 Å². The molecular weight excluding hydrogens is 440 g/mol. The summed E-state index contributed by atoms with van der Waals surface area (Å²) in [6.45, 7) is 2.19. The number of fused-ring (bicyclic) bond motifs is 1. The molecule has 164 valence electrons. The van der Waals surface area contributed by atoms with E-state index in [2.05, 4.69) is 25.3 Å². The van der Waals surface area contributed by atoms with Crippen LogP contribution in [-0.2, 0) is 15.4 Å². The number of aliphatic imine (C=N–C) groups is 1. The van der Waals surface area contributed by atoms with Crippen LogP contribution < -0.4 is 11.1 Å². The van der Waals surface area contributed by atoms with Gasteiger partial charge < -0.3 is 11.1 Å². The van der Waals surface area contributed by atoms with Crippen LogP contribution in [0.3, 0.4) is 0 Å². The van der Waals surface area contributed by atoms with Crippen LogP contribution in [0.25, 0.3) is 11.0 Å². The molecule has 0 saturated carbocycles. The molecule has 1 aromatic carbocycles. The van der Waals surface area contributed by atoms with Gasteiger partial charge in [0.25, 0.3) is 5.00 Å². The quantitative estimate of drug-likeness (QED) is 0.610. The Balaban J connectivity index is 1.78. The number of hydrogen-bond acceptors (Lipinski definition) is 9. The van der Waals surface area contributed by atoms with Crippen molar-refractivity contribution in [2.75, 3.05) is 11.1 Å². The van der Waals surface area contributed by atoms with Gasteiger partial charge in [-0.3, -0.25) is 4.99 Å². The van der Waals surface area contributed by atoms with Crippen LogP contribution in [0.15, 0.2) is 41.8 Å². The van der Waals surface area contributed by atoms with Gasteiger partial charge in [-0.05, 0) is 38.1 Å².